The maximum absolute atomic E-state index is 13.1. The molecule has 4 nitrogen and oxygen atoms in total. The van der Waals surface area contributed by atoms with Crippen LogP contribution in [0.15, 0.2) is 36.5 Å². The molecule has 2 fully saturated rings. The lowest BCUT2D eigenvalue weighted by atomic mass is 10.0. The van der Waals surface area contributed by atoms with Gasteiger partial charge in [0.25, 0.3) is 0 Å². The first-order chi connectivity index (χ1) is 12.1. The molecule has 2 bridgehead atoms. The molecule has 3 heterocycles. The smallest absolute Gasteiger partial charge is 0.319 e. The van der Waals surface area contributed by atoms with Crippen LogP contribution in [0, 0.1) is 12.7 Å². The number of amides is 2. The second kappa shape index (κ2) is 6.47. The fourth-order valence-corrected chi connectivity index (χ4v) is 4.15. The van der Waals surface area contributed by atoms with Gasteiger partial charge in [-0.3, -0.25) is 4.98 Å². The van der Waals surface area contributed by atoms with Crippen LogP contribution in [0.1, 0.15) is 37.7 Å². The van der Waals surface area contributed by atoms with Gasteiger partial charge in [0, 0.05) is 23.3 Å². The van der Waals surface area contributed by atoms with E-state index >= 15 is 0 Å². The quantitative estimate of drug-likeness (QED) is 0.858. The number of aryl methyl sites for hydroxylation is 1. The van der Waals surface area contributed by atoms with Crippen molar-refractivity contribution >= 4 is 11.7 Å². The van der Waals surface area contributed by atoms with Gasteiger partial charge in [0.1, 0.15) is 5.82 Å². The highest BCUT2D eigenvalue weighted by Crippen LogP contribution is 2.36. The third kappa shape index (κ3) is 3.11. The SMILES string of the molecule is Cc1ccc(NC(=O)N2C3CCCC2CC3)cc1-c1ccc(F)cn1. The summed E-state index contributed by atoms with van der Waals surface area (Å²) in [6, 6.07) is 9.62. The van der Waals surface area contributed by atoms with Crippen LogP contribution in [-0.4, -0.2) is 28.0 Å². The number of carbonyl (C=O) groups is 1. The Balaban J connectivity index is 1.56. The van der Waals surface area contributed by atoms with Gasteiger partial charge in [-0.1, -0.05) is 6.07 Å². The van der Waals surface area contributed by atoms with Crippen molar-refractivity contribution in [1.29, 1.82) is 0 Å². The number of aromatic nitrogens is 1. The van der Waals surface area contributed by atoms with E-state index in [0.717, 1.165) is 42.5 Å². The summed E-state index contributed by atoms with van der Waals surface area (Å²) in [6.45, 7) is 1.98. The van der Waals surface area contributed by atoms with Crippen molar-refractivity contribution in [2.45, 2.75) is 51.1 Å². The summed E-state index contributed by atoms with van der Waals surface area (Å²) < 4.78 is 13.1. The zero-order chi connectivity index (χ0) is 17.4. The van der Waals surface area contributed by atoms with Gasteiger partial charge in [-0.15, -0.1) is 0 Å². The summed E-state index contributed by atoms with van der Waals surface area (Å²) in [4.78, 5) is 19.0. The molecule has 2 aliphatic rings. The molecular weight excluding hydrogens is 317 g/mol. The Kier molecular flexibility index (Phi) is 4.15. The number of fused-ring (bicyclic) bond motifs is 2. The van der Waals surface area contributed by atoms with Crippen molar-refractivity contribution in [3.63, 3.8) is 0 Å². The summed E-state index contributed by atoms with van der Waals surface area (Å²) >= 11 is 0. The molecule has 130 valence electrons. The number of urea groups is 1. The number of hydrogen-bond acceptors (Lipinski definition) is 2. The zero-order valence-corrected chi connectivity index (χ0v) is 14.3. The Bertz CT molecular complexity index is 774. The van der Waals surface area contributed by atoms with Crippen LogP contribution in [0.5, 0.6) is 0 Å². The van der Waals surface area contributed by atoms with E-state index in [9.17, 15) is 9.18 Å². The number of nitrogens with zero attached hydrogens (tertiary/aromatic N) is 2. The van der Waals surface area contributed by atoms with Gasteiger partial charge in [0.05, 0.1) is 11.9 Å². The summed E-state index contributed by atoms with van der Waals surface area (Å²) in [7, 11) is 0. The van der Waals surface area contributed by atoms with Crippen molar-refractivity contribution in [2.24, 2.45) is 0 Å². The van der Waals surface area contributed by atoms with Gasteiger partial charge in [-0.25, -0.2) is 9.18 Å². The largest absolute Gasteiger partial charge is 0.322 e. The molecule has 0 radical (unpaired) electrons. The van der Waals surface area contributed by atoms with Crippen LogP contribution in [0.25, 0.3) is 11.3 Å². The predicted molar refractivity (Wildman–Crippen MR) is 95.9 cm³/mol. The molecule has 2 aromatic rings. The summed E-state index contributed by atoms with van der Waals surface area (Å²) in [5.41, 5.74) is 3.39. The van der Waals surface area contributed by atoms with E-state index in [4.69, 9.17) is 0 Å². The summed E-state index contributed by atoms with van der Waals surface area (Å²) in [5, 5.41) is 3.05. The zero-order valence-electron chi connectivity index (χ0n) is 14.3. The standard InChI is InChI=1S/C20H22FN3O/c1-13-5-7-15(11-18(13)19-10-6-14(21)12-22-19)23-20(25)24-16-3-2-4-17(24)9-8-16/h5-7,10-12,16-17H,2-4,8-9H2,1H3,(H,23,25). The third-order valence-corrected chi connectivity index (χ3v) is 5.42. The Morgan fingerprint density at radius 3 is 2.60 bits per heavy atom. The van der Waals surface area contributed by atoms with Gasteiger partial charge in [0.2, 0.25) is 0 Å². The van der Waals surface area contributed by atoms with E-state index < -0.39 is 0 Å². The van der Waals surface area contributed by atoms with Gasteiger partial charge < -0.3 is 10.2 Å². The van der Waals surface area contributed by atoms with Crippen LogP contribution in [0.4, 0.5) is 14.9 Å². The molecule has 25 heavy (non-hydrogen) atoms. The minimum atomic E-state index is -0.355. The molecule has 2 aliphatic heterocycles. The fraction of sp³-hybridized carbons (Fsp3) is 0.400. The van der Waals surface area contributed by atoms with E-state index in [1.54, 1.807) is 6.07 Å². The number of piperidine rings is 1. The number of nitrogens with one attached hydrogen (secondary N) is 1. The van der Waals surface area contributed by atoms with Gasteiger partial charge >= 0.3 is 6.03 Å². The Labute approximate surface area is 147 Å². The minimum absolute atomic E-state index is 0.00549. The highest BCUT2D eigenvalue weighted by Gasteiger charge is 2.39. The van der Waals surface area contributed by atoms with Crippen molar-refractivity contribution in [3.8, 4) is 11.3 Å². The van der Waals surface area contributed by atoms with Crippen LogP contribution in [-0.2, 0) is 0 Å². The topological polar surface area (TPSA) is 45.2 Å². The van der Waals surface area contributed by atoms with Crippen LogP contribution >= 0.6 is 0 Å². The fourth-order valence-electron chi connectivity index (χ4n) is 4.15. The maximum Gasteiger partial charge on any atom is 0.322 e. The molecule has 5 heteroatoms. The third-order valence-electron chi connectivity index (χ3n) is 5.42. The van der Waals surface area contributed by atoms with E-state index in [1.807, 2.05) is 30.0 Å². The summed E-state index contributed by atoms with van der Waals surface area (Å²) in [5.74, 6) is -0.355. The van der Waals surface area contributed by atoms with E-state index in [0.29, 0.717) is 17.8 Å². The number of halogens is 1. The molecule has 2 saturated heterocycles. The lowest BCUT2D eigenvalue weighted by Crippen LogP contribution is -2.46. The van der Waals surface area contributed by atoms with Crippen molar-refractivity contribution in [2.75, 3.05) is 5.32 Å². The number of anilines is 1. The Morgan fingerprint density at radius 1 is 1.16 bits per heavy atom. The monoisotopic (exact) mass is 339 g/mol. The molecule has 4 rings (SSSR count). The molecular formula is C20H22FN3O. The van der Waals surface area contributed by atoms with Crippen molar-refractivity contribution in [3.05, 3.63) is 47.9 Å². The molecule has 1 aromatic heterocycles. The molecule has 1 N–H and O–H groups in total. The minimum Gasteiger partial charge on any atom is -0.319 e. The van der Waals surface area contributed by atoms with E-state index in [1.165, 1.54) is 18.7 Å². The Hall–Kier alpha value is -2.43. The van der Waals surface area contributed by atoms with Crippen molar-refractivity contribution < 1.29 is 9.18 Å². The van der Waals surface area contributed by atoms with E-state index in [2.05, 4.69) is 10.3 Å². The van der Waals surface area contributed by atoms with E-state index in [-0.39, 0.29) is 11.8 Å². The number of carbonyl (C=O) groups excluding carboxylic acids is 1. The molecule has 1 aromatic carbocycles. The molecule has 0 spiro atoms. The predicted octanol–water partition coefficient (Wildman–Crippen LogP) is 4.74. The number of benzene rings is 1. The summed E-state index contributed by atoms with van der Waals surface area (Å²) in [6.07, 6.45) is 6.91. The molecule has 2 amide bonds. The van der Waals surface area contributed by atoms with Crippen LogP contribution in [0.3, 0.4) is 0 Å². The van der Waals surface area contributed by atoms with Gasteiger partial charge in [0.15, 0.2) is 0 Å². The average molecular weight is 339 g/mol. The Morgan fingerprint density at radius 2 is 1.92 bits per heavy atom. The number of rotatable bonds is 2. The first-order valence-corrected chi connectivity index (χ1v) is 8.94. The lowest BCUT2D eigenvalue weighted by molar-refractivity contribution is 0.159. The number of pyridine rings is 1. The van der Waals surface area contributed by atoms with Crippen LogP contribution < -0.4 is 5.32 Å². The highest BCUT2D eigenvalue weighted by molar-refractivity contribution is 5.91. The van der Waals surface area contributed by atoms with Crippen LogP contribution in [0.2, 0.25) is 0 Å². The number of hydrogen-bond donors (Lipinski definition) is 1. The lowest BCUT2D eigenvalue weighted by Gasteiger charge is -2.34. The normalized spacial score (nSPS) is 22.1. The molecule has 0 saturated carbocycles. The van der Waals surface area contributed by atoms with Crippen molar-refractivity contribution in [1.82, 2.24) is 9.88 Å². The maximum atomic E-state index is 13.1. The molecule has 0 aliphatic carbocycles. The van der Waals surface area contributed by atoms with Gasteiger partial charge in [-0.2, -0.15) is 0 Å². The molecule has 2 unspecified atom stereocenters. The molecule has 2 atom stereocenters. The second-order valence-electron chi connectivity index (χ2n) is 7.04. The second-order valence-corrected chi connectivity index (χ2v) is 7.04. The first-order valence-electron chi connectivity index (χ1n) is 8.94. The first kappa shape index (κ1) is 16.1. The highest BCUT2D eigenvalue weighted by atomic mass is 19.1. The average Bonchev–Trinajstić information content (AvgIpc) is 2.87. The van der Waals surface area contributed by atoms with Gasteiger partial charge in [-0.05, 0) is 68.9 Å².